The van der Waals surface area contributed by atoms with Crippen molar-refractivity contribution in [2.75, 3.05) is 7.11 Å². The van der Waals surface area contributed by atoms with Crippen LogP contribution in [0.25, 0.3) is 6.08 Å². The Morgan fingerprint density at radius 2 is 1.66 bits per heavy atom. The molecule has 3 aromatic carbocycles. The number of methoxy groups -OCH3 is 1. The minimum absolute atomic E-state index is 0.244. The summed E-state index contributed by atoms with van der Waals surface area (Å²) < 4.78 is 11.3. The molecule has 164 valence electrons. The molecule has 0 fully saturated rings. The Balaban J connectivity index is 1.55. The predicted molar refractivity (Wildman–Crippen MR) is 125 cm³/mol. The van der Waals surface area contributed by atoms with E-state index in [4.69, 9.17) is 26.8 Å². The summed E-state index contributed by atoms with van der Waals surface area (Å²) in [6, 6.07) is 19.6. The summed E-state index contributed by atoms with van der Waals surface area (Å²) in [4.78, 5) is 23.2. The van der Waals surface area contributed by atoms with Gasteiger partial charge in [0.15, 0.2) is 11.5 Å². The van der Waals surface area contributed by atoms with Crippen LogP contribution in [0.4, 0.5) is 0 Å². The number of halogens is 1. The van der Waals surface area contributed by atoms with E-state index in [1.54, 1.807) is 49.6 Å². The number of benzene rings is 3. The fourth-order valence-corrected chi connectivity index (χ4v) is 2.98. The van der Waals surface area contributed by atoms with Crippen molar-refractivity contribution >= 4 is 29.5 Å². The maximum absolute atomic E-state index is 12.1. The lowest BCUT2D eigenvalue weighted by Crippen LogP contribution is -2.20. The van der Waals surface area contributed by atoms with Crippen LogP contribution in [0, 0.1) is 0 Å². The zero-order chi connectivity index (χ0) is 22.9. The number of rotatable bonds is 9. The largest absolute Gasteiger partial charge is 0.493 e. The number of hydrogen-bond acceptors (Lipinski definition) is 4. The molecule has 0 spiro atoms. The fourth-order valence-electron chi connectivity index (χ4n) is 2.86. The Kier molecular flexibility index (Phi) is 7.89. The maximum atomic E-state index is 12.1. The van der Waals surface area contributed by atoms with Gasteiger partial charge in [-0.15, -0.1) is 0 Å². The molecule has 32 heavy (non-hydrogen) atoms. The van der Waals surface area contributed by atoms with Gasteiger partial charge < -0.3 is 20.5 Å². The van der Waals surface area contributed by atoms with Crippen molar-refractivity contribution in [3.63, 3.8) is 0 Å². The van der Waals surface area contributed by atoms with Crippen LogP contribution in [0.1, 0.15) is 27.0 Å². The minimum Gasteiger partial charge on any atom is -0.493 e. The Hall–Kier alpha value is -3.77. The smallest absolute Gasteiger partial charge is 0.248 e. The van der Waals surface area contributed by atoms with Crippen molar-refractivity contribution in [1.29, 1.82) is 0 Å². The fraction of sp³-hybridized carbons (Fsp3) is 0.120. The van der Waals surface area contributed by atoms with Crippen LogP contribution < -0.4 is 20.5 Å². The number of nitrogens with two attached hydrogens (primary N) is 1. The summed E-state index contributed by atoms with van der Waals surface area (Å²) in [5.41, 5.74) is 8.29. The van der Waals surface area contributed by atoms with Crippen LogP contribution in [0.2, 0.25) is 5.02 Å². The summed E-state index contributed by atoms with van der Waals surface area (Å²) in [6.07, 6.45) is 3.14. The van der Waals surface area contributed by atoms with E-state index in [9.17, 15) is 9.59 Å². The van der Waals surface area contributed by atoms with Crippen molar-refractivity contribution in [2.45, 2.75) is 13.2 Å². The first-order valence-corrected chi connectivity index (χ1v) is 10.2. The van der Waals surface area contributed by atoms with Crippen LogP contribution in [-0.2, 0) is 17.9 Å². The van der Waals surface area contributed by atoms with Crippen molar-refractivity contribution < 1.29 is 19.1 Å². The second-order valence-corrected chi connectivity index (χ2v) is 7.37. The molecular formula is C25H23ClN2O4. The zero-order valence-corrected chi connectivity index (χ0v) is 18.3. The van der Waals surface area contributed by atoms with Gasteiger partial charge in [0, 0.05) is 23.2 Å². The molecule has 3 aromatic rings. The van der Waals surface area contributed by atoms with E-state index in [1.807, 2.05) is 30.3 Å². The van der Waals surface area contributed by atoms with Crippen LogP contribution >= 0.6 is 11.6 Å². The quantitative estimate of drug-likeness (QED) is 0.474. The Labute approximate surface area is 191 Å². The monoisotopic (exact) mass is 450 g/mol. The molecule has 0 aliphatic rings. The van der Waals surface area contributed by atoms with E-state index in [0.29, 0.717) is 35.2 Å². The number of carbonyl (C=O) groups is 2. The molecule has 0 saturated carbocycles. The lowest BCUT2D eigenvalue weighted by Gasteiger charge is -2.11. The predicted octanol–water partition coefficient (Wildman–Crippen LogP) is 4.36. The first-order chi connectivity index (χ1) is 15.4. The van der Waals surface area contributed by atoms with Gasteiger partial charge >= 0.3 is 0 Å². The van der Waals surface area contributed by atoms with Crippen molar-refractivity contribution in [1.82, 2.24) is 5.32 Å². The van der Waals surface area contributed by atoms with Gasteiger partial charge in [-0.05, 0) is 59.2 Å². The molecule has 0 aliphatic carbocycles. The lowest BCUT2D eigenvalue weighted by atomic mass is 10.1. The SMILES string of the molecule is COc1cc(/C=C/C(=O)NCc2ccc(C(N)=O)cc2)ccc1OCc1ccc(Cl)cc1. The molecule has 3 rings (SSSR count). The molecule has 0 atom stereocenters. The summed E-state index contributed by atoms with van der Waals surface area (Å²) in [5, 5.41) is 3.47. The van der Waals surface area contributed by atoms with E-state index in [0.717, 1.165) is 16.7 Å². The van der Waals surface area contributed by atoms with Gasteiger partial charge in [-0.2, -0.15) is 0 Å². The molecule has 0 heterocycles. The van der Waals surface area contributed by atoms with Crippen molar-refractivity contribution in [3.8, 4) is 11.5 Å². The van der Waals surface area contributed by atoms with Crippen LogP contribution in [0.5, 0.6) is 11.5 Å². The van der Waals surface area contributed by atoms with Gasteiger partial charge in [0.2, 0.25) is 11.8 Å². The Morgan fingerprint density at radius 3 is 2.31 bits per heavy atom. The number of amides is 2. The average molecular weight is 451 g/mol. The van der Waals surface area contributed by atoms with Gasteiger partial charge in [-0.3, -0.25) is 9.59 Å². The topological polar surface area (TPSA) is 90.6 Å². The molecular weight excluding hydrogens is 428 g/mol. The third-order valence-electron chi connectivity index (χ3n) is 4.63. The molecule has 0 aromatic heterocycles. The molecule has 2 amide bonds. The minimum atomic E-state index is -0.486. The Morgan fingerprint density at radius 1 is 0.969 bits per heavy atom. The van der Waals surface area contributed by atoms with Crippen LogP contribution in [0.3, 0.4) is 0 Å². The van der Waals surface area contributed by atoms with Gasteiger partial charge in [0.1, 0.15) is 6.61 Å². The molecule has 0 radical (unpaired) electrons. The van der Waals surface area contributed by atoms with E-state index in [2.05, 4.69) is 5.32 Å². The van der Waals surface area contributed by atoms with Gasteiger partial charge in [0.05, 0.1) is 7.11 Å². The summed E-state index contributed by atoms with van der Waals surface area (Å²) in [6.45, 7) is 0.717. The van der Waals surface area contributed by atoms with Crippen molar-refractivity contribution in [3.05, 3.63) is 100 Å². The first kappa shape index (κ1) is 22.9. The number of hydrogen-bond donors (Lipinski definition) is 2. The number of ether oxygens (including phenoxy) is 2. The highest BCUT2D eigenvalue weighted by atomic mass is 35.5. The summed E-state index contributed by atoms with van der Waals surface area (Å²) in [5.74, 6) is 0.436. The van der Waals surface area contributed by atoms with E-state index in [1.165, 1.54) is 6.08 Å². The van der Waals surface area contributed by atoms with E-state index in [-0.39, 0.29) is 5.91 Å². The summed E-state index contributed by atoms with van der Waals surface area (Å²) in [7, 11) is 1.56. The third kappa shape index (κ3) is 6.62. The van der Waals surface area contributed by atoms with E-state index >= 15 is 0 Å². The number of nitrogens with one attached hydrogen (secondary N) is 1. The first-order valence-electron chi connectivity index (χ1n) is 9.84. The molecule has 0 aliphatic heterocycles. The highest BCUT2D eigenvalue weighted by molar-refractivity contribution is 6.30. The molecule has 0 unspecified atom stereocenters. The van der Waals surface area contributed by atoms with Crippen molar-refractivity contribution in [2.24, 2.45) is 5.73 Å². The van der Waals surface area contributed by atoms with Gasteiger partial charge in [0.25, 0.3) is 0 Å². The molecule has 0 saturated heterocycles. The van der Waals surface area contributed by atoms with Gasteiger partial charge in [-0.25, -0.2) is 0 Å². The third-order valence-corrected chi connectivity index (χ3v) is 4.88. The molecule has 6 nitrogen and oxygen atoms in total. The van der Waals surface area contributed by atoms with E-state index < -0.39 is 5.91 Å². The number of primary amides is 1. The second kappa shape index (κ2) is 11.0. The lowest BCUT2D eigenvalue weighted by molar-refractivity contribution is -0.116. The summed E-state index contributed by atoms with van der Waals surface area (Å²) >= 11 is 5.90. The normalized spacial score (nSPS) is 10.7. The van der Waals surface area contributed by atoms with Crippen LogP contribution in [-0.4, -0.2) is 18.9 Å². The molecule has 3 N–H and O–H groups in total. The number of carbonyl (C=O) groups excluding carboxylic acids is 2. The molecule has 7 heteroatoms. The zero-order valence-electron chi connectivity index (χ0n) is 17.5. The van der Waals surface area contributed by atoms with Gasteiger partial charge in [-0.1, -0.05) is 41.9 Å². The molecule has 0 bridgehead atoms. The average Bonchev–Trinajstić information content (AvgIpc) is 2.81. The Bertz CT molecular complexity index is 1110. The highest BCUT2D eigenvalue weighted by Gasteiger charge is 2.06. The highest BCUT2D eigenvalue weighted by Crippen LogP contribution is 2.29. The van der Waals surface area contributed by atoms with Crippen LogP contribution in [0.15, 0.2) is 72.8 Å². The second-order valence-electron chi connectivity index (χ2n) is 6.94. The maximum Gasteiger partial charge on any atom is 0.248 e. The standard InChI is InChI=1S/C25H23ClN2O4/c1-31-23-14-17(6-12-22(23)32-16-19-4-10-21(26)11-5-19)7-13-24(29)28-15-18-2-8-20(9-3-18)25(27)30/h2-14H,15-16H2,1H3,(H2,27,30)(H,28,29)/b13-7+.